The van der Waals surface area contributed by atoms with E-state index in [-0.39, 0.29) is 24.8 Å². The van der Waals surface area contributed by atoms with Crippen molar-refractivity contribution in [2.24, 2.45) is 0 Å². The second-order valence-electron chi connectivity index (χ2n) is 3.11. The molecule has 0 bridgehead atoms. The molecule has 1 amide bonds. The van der Waals surface area contributed by atoms with Crippen LogP contribution in [-0.2, 0) is 4.79 Å². The summed E-state index contributed by atoms with van der Waals surface area (Å²) >= 11 is 0. The SMILES string of the molecule is CC(=O)N(C(C)C)C(C)C.[LiH]. The van der Waals surface area contributed by atoms with E-state index in [1.165, 1.54) is 0 Å². The topological polar surface area (TPSA) is 20.3 Å². The Kier molecular flexibility index (Phi) is 7.05. The first-order valence-corrected chi connectivity index (χ1v) is 3.75. The van der Waals surface area contributed by atoms with Gasteiger partial charge in [-0.1, -0.05) is 0 Å². The van der Waals surface area contributed by atoms with Crippen molar-refractivity contribution in [1.82, 2.24) is 4.90 Å². The van der Waals surface area contributed by atoms with Gasteiger partial charge >= 0.3 is 18.9 Å². The molecular formula is C8H18LiNO. The Morgan fingerprint density at radius 2 is 1.36 bits per heavy atom. The zero-order valence-corrected chi connectivity index (χ0v) is 7.51. The molecule has 0 spiro atoms. The predicted octanol–water partition coefficient (Wildman–Crippen LogP) is 1.00. The molecule has 0 aromatic rings. The molecule has 0 fully saturated rings. The standard InChI is InChI=1S/C8H17NO.Li.H/c1-6(2)9(7(3)4)8(5)10;;/h6-7H,1-5H3;;. The summed E-state index contributed by atoms with van der Waals surface area (Å²) in [5.41, 5.74) is 0. The van der Waals surface area contributed by atoms with E-state index < -0.39 is 0 Å². The van der Waals surface area contributed by atoms with Crippen molar-refractivity contribution < 1.29 is 4.79 Å². The van der Waals surface area contributed by atoms with Crippen LogP contribution in [0.5, 0.6) is 0 Å². The van der Waals surface area contributed by atoms with Crippen molar-refractivity contribution in [3.63, 3.8) is 0 Å². The van der Waals surface area contributed by atoms with Crippen LogP contribution in [-0.4, -0.2) is 41.8 Å². The van der Waals surface area contributed by atoms with Crippen LogP contribution in [0.1, 0.15) is 34.6 Å². The summed E-state index contributed by atoms with van der Waals surface area (Å²) in [5.74, 6) is 0.157. The zero-order valence-electron chi connectivity index (χ0n) is 7.51. The van der Waals surface area contributed by atoms with E-state index in [9.17, 15) is 4.79 Å². The molecule has 0 aliphatic carbocycles. The number of hydrogen-bond acceptors (Lipinski definition) is 1. The average Bonchev–Trinajstić information content (AvgIpc) is 1.59. The van der Waals surface area contributed by atoms with Gasteiger partial charge in [0.2, 0.25) is 5.91 Å². The molecule has 0 aliphatic heterocycles. The first kappa shape index (κ1) is 13.6. The van der Waals surface area contributed by atoms with E-state index in [0.29, 0.717) is 12.1 Å². The Morgan fingerprint density at radius 1 is 1.09 bits per heavy atom. The zero-order chi connectivity index (χ0) is 8.31. The first-order chi connectivity index (χ1) is 4.46. The van der Waals surface area contributed by atoms with Crippen LogP contribution < -0.4 is 0 Å². The molecule has 0 N–H and O–H groups in total. The van der Waals surface area contributed by atoms with Gasteiger partial charge in [0.25, 0.3) is 0 Å². The van der Waals surface area contributed by atoms with Crippen LogP contribution >= 0.6 is 0 Å². The number of nitrogens with zero attached hydrogens (tertiary/aromatic N) is 1. The Balaban J connectivity index is 0. The fourth-order valence-corrected chi connectivity index (χ4v) is 1.32. The Hall–Kier alpha value is 0.0674. The summed E-state index contributed by atoms with van der Waals surface area (Å²) in [5, 5.41) is 0. The van der Waals surface area contributed by atoms with Gasteiger partial charge in [-0.25, -0.2) is 0 Å². The van der Waals surface area contributed by atoms with E-state index in [0.717, 1.165) is 0 Å². The van der Waals surface area contributed by atoms with Crippen LogP contribution in [0.25, 0.3) is 0 Å². The third kappa shape index (κ3) is 4.50. The van der Waals surface area contributed by atoms with Gasteiger partial charge in [-0.15, -0.1) is 0 Å². The van der Waals surface area contributed by atoms with Gasteiger partial charge in [0.1, 0.15) is 0 Å². The van der Waals surface area contributed by atoms with Crippen molar-refractivity contribution in [3.05, 3.63) is 0 Å². The van der Waals surface area contributed by atoms with Gasteiger partial charge < -0.3 is 4.90 Å². The van der Waals surface area contributed by atoms with E-state index in [4.69, 9.17) is 0 Å². The third-order valence-electron chi connectivity index (χ3n) is 1.48. The Morgan fingerprint density at radius 3 is 1.36 bits per heavy atom. The summed E-state index contributed by atoms with van der Waals surface area (Å²) in [7, 11) is 0. The molecule has 0 saturated carbocycles. The van der Waals surface area contributed by atoms with Crippen LogP contribution in [0, 0.1) is 0 Å². The van der Waals surface area contributed by atoms with Crippen molar-refractivity contribution in [3.8, 4) is 0 Å². The van der Waals surface area contributed by atoms with Crippen LogP contribution in [0.3, 0.4) is 0 Å². The number of amides is 1. The molecule has 0 unspecified atom stereocenters. The second-order valence-corrected chi connectivity index (χ2v) is 3.11. The minimum atomic E-state index is 0. The maximum atomic E-state index is 11.0. The van der Waals surface area contributed by atoms with Crippen molar-refractivity contribution in [2.45, 2.75) is 46.7 Å². The molecule has 0 radical (unpaired) electrons. The maximum absolute atomic E-state index is 11.0. The quantitative estimate of drug-likeness (QED) is 0.539. The fourth-order valence-electron chi connectivity index (χ4n) is 1.32. The Labute approximate surface area is 81.5 Å². The van der Waals surface area contributed by atoms with Crippen molar-refractivity contribution in [2.75, 3.05) is 0 Å². The summed E-state index contributed by atoms with van der Waals surface area (Å²) in [6, 6.07) is 0.634. The third-order valence-corrected chi connectivity index (χ3v) is 1.48. The Bertz CT molecular complexity index is 115. The van der Waals surface area contributed by atoms with Gasteiger partial charge in [0.15, 0.2) is 0 Å². The molecule has 11 heavy (non-hydrogen) atoms. The van der Waals surface area contributed by atoms with E-state index in [2.05, 4.69) is 0 Å². The normalized spacial score (nSPS) is 9.73. The number of rotatable bonds is 2. The molecule has 0 heterocycles. The van der Waals surface area contributed by atoms with E-state index >= 15 is 0 Å². The monoisotopic (exact) mass is 151 g/mol. The van der Waals surface area contributed by atoms with Gasteiger partial charge in [0.05, 0.1) is 0 Å². The fraction of sp³-hybridized carbons (Fsp3) is 0.875. The summed E-state index contributed by atoms with van der Waals surface area (Å²) in [6.07, 6.45) is 0. The van der Waals surface area contributed by atoms with Crippen molar-refractivity contribution >= 4 is 24.8 Å². The number of hydrogen-bond donors (Lipinski definition) is 0. The predicted molar refractivity (Wildman–Crippen MR) is 49.9 cm³/mol. The summed E-state index contributed by atoms with van der Waals surface area (Å²) in [4.78, 5) is 12.8. The molecule has 2 nitrogen and oxygen atoms in total. The van der Waals surface area contributed by atoms with Gasteiger partial charge in [-0.2, -0.15) is 0 Å². The molecule has 62 valence electrons. The number of carbonyl (C=O) groups is 1. The van der Waals surface area contributed by atoms with Crippen LogP contribution in [0.2, 0.25) is 0 Å². The first-order valence-electron chi connectivity index (χ1n) is 3.75. The molecule has 0 saturated heterocycles. The van der Waals surface area contributed by atoms with E-state index in [1.54, 1.807) is 6.92 Å². The van der Waals surface area contributed by atoms with Gasteiger partial charge in [-0.3, -0.25) is 4.79 Å². The molecule has 3 heteroatoms. The average molecular weight is 151 g/mol. The molecular weight excluding hydrogens is 133 g/mol. The summed E-state index contributed by atoms with van der Waals surface area (Å²) < 4.78 is 0. The van der Waals surface area contributed by atoms with Crippen LogP contribution in [0.4, 0.5) is 0 Å². The van der Waals surface area contributed by atoms with E-state index in [1.807, 2.05) is 32.6 Å². The minimum absolute atomic E-state index is 0. The molecule has 0 aromatic heterocycles. The van der Waals surface area contributed by atoms with Gasteiger partial charge in [0, 0.05) is 19.0 Å². The summed E-state index contributed by atoms with van der Waals surface area (Å²) in [6.45, 7) is 9.73. The molecule has 0 rings (SSSR count). The molecule has 0 aromatic carbocycles. The number of carbonyl (C=O) groups excluding carboxylic acids is 1. The van der Waals surface area contributed by atoms with Gasteiger partial charge in [-0.05, 0) is 27.7 Å². The van der Waals surface area contributed by atoms with Crippen molar-refractivity contribution in [1.29, 1.82) is 0 Å². The second kappa shape index (κ2) is 5.68. The molecule has 0 aliphatic rings. The molecule has 0 atom stereocenters. The van der Waals surface area contributed by atoms with Crippen LogP contribution in [0.15, 0.2) is 0 Å².